The zero-order valence-electron chi connectivity index (χ0n) is 24.9. The van der Waals surface area contributed by atoms with Crippen molar-refractivity contribution in [2.24, 2.45) is 0 Å². The number of nitrogens with zero attached hydrogens (tertiary/aromatic N) is 5. The van der Waals surface area contributed by atoms with Crippen LogP contribution in [0.25, 0.3) is 11.4 Å². The largest absolute Gasteiger partial charge is 0.463 e. The number of hydrogen-bond acceptors (Lipinski definition) is 15. The van der Waals surface area contributed by atoms with Gasteiger partial charge in [-0.3, -0.25) is 24.0 Å². The highest BCUT2D eigenvalue weighted by molar-refractivity contribution is 5.76. The molecule has 3 heterocycles. The number of aryl methyl sites for hydroxylation is 1. The molecule has 1 amide bonds. The second-order valence-electron chi connectivity index (χ2n) is 9.93. The summed E-state index contributed by atoms with van der Waals surface area (Å²) in [5.74, 6) is -2.50. The van der Waals surface area contributed by atoms with Gasteiger partial charge in [0.2, 0.25) is 17.6 Å². The smallest absolute Gasteiger partial charge is 0.303 e. The first-order chi connectivity index (χ1) is 21.5. The molecule has 240 valence electrons. The molecule has 0 bridgehead atoms. The fourth-order valence-corrected chi connectivity index (χ4v) is 4.50. The summed E-state index contributed by atoms with van der Waals surface area (Å²) in [6.07, 6.45) is -4.76. The molecule has 0 aliphatic carbocycles. The highest BCUT2D eigenvalue weighted by Gasteiger charge is 2.53. The van der Waals surface area contributed by atoms with Gasteiger partial charge >= 0.3 is 23.9 Å². The molecule has 1 fully saturated rings. The summed E-state index contributed by atoms with van der Waals surface area (Å²) in [5, 5.41) is 14.7. The van der Waals surface area contributed by atoms with Gasteiger partial charge in [0, 0.05) is 46.1 Å². The second-order valence-corrected chi connectivity index (χ2v) is 9.93. The molecular weight excluding hydrogens is 596 g/mol. The monoisotopic (exact) mass is 628 g/mol. The van der Waals surface area contributed by atoms with Crippen LogP contribution in [0, 0.1) is 0 Å². The highest BCUT2D eigenvalue weighted by atomic mass is 16.7. The fraction of sp³-hybridized carbons (Fsp3) is 0.464. The van der Waals surface area contributed by atoms with E-state index in [-0.39, 0.29) is 25.3 Å². The Bertz CT molecular complexity index is 1510. The van der Waals surface area contributed by atoms with E-state index in [0.717, 1.165) is 26.3 Å². The molecule has 4 rings (SSSR count). The molecule has 5 atom stereocenters. The number of esters is 4. The molecule has 1 aliphatic heterocycles. The van der Waals surface area contributed by atoms with Crippen LogP contribution < -0.4 is 5.32 Å². The maximum absolute atomic E-state index is 12.5. The number of hydrogen-bond donors (Lipinski definition) is 1. The highest BCUT2D eigenvalue weighted by Crippen LogP contribution is 2.34. The standard InChI is InChI=1S/C28H32N6O11/c1-15(35)40-14-21-24(41-16(2)36)25(42-17(3)37)26(43-18(4)38)28(44-21)34-13-20(31-33-34)12-29-22(39)10-11-23-30-27(32-45-23)19-8-6-5-7-9-19/h5-9,13,21,24-26,28H,10-12,14H2,1-4H3,(H,29,39)/t21-,24-,25+,26-,28-/m1/s1. The molecule has 2 aromatic heterocycles. The SMILES string of the molecule is CC(=O)OC[C@H]1O[C@@H](n2cc(CNC(=O)CCc3nc(-c4ccccc4)no3)nn2)[C@H](OC(C)=O)[C@@H](OC(C)=O)[C@@H]1OC(C)=O. The minimum absolute atomic E-state index is 0.0246. The molecule has 1 aromatic carbocycles. The van der Waals surface area contributed by atoms with Crippen LogP contribution in [0.3, 0.4) is 0 Å². The Kier molecular flexibility index (Phi) is 10.9. The van der Waals surface area contributed by atoms with Crippen LogP contribution in [-0.2, 0) is 60.6 Å². The first-order valence-corrected chi connectivity index (χ1v) is 13.9. The zero-order chi connectivity index (χ0) is 32.5. The third kappa shape index (κ3) is 9.15. The van der Waals surface area contributed by atoms with Crippen molar-refractivity contribution >= 4 is 29.8 Å². The summed E-state index contributed by atoms with van der Waals surface area (Å²) < 4.78 is 33.8. The number of carbonyl (C=O) groups excluding carboxylic acids is 5. The van der Waals surface area contributed by atoms with E-state index in [1.54, 1.807) is 0 Å². The van der Waals surface area contributed by atoms with E-state index < -0.39 is 61.1 Å². The van der Waals surface area contributed by atoms with Crippen molar-refractivity contribution in [3.8, 4) is 11.4 Å². The van der Waals surface area contributed by atoms with Crippen LogP contribution >= 0.6 is 0 Å². The maximum Gasteiger partial charge on any atom is 0.303 e. The van der Waals surface area contributed by atoms with E-state index in [1.807, 2.05) is 30.3 Å². The van der Waals surface area contributed by atoms with Crippen molar-refractivity contribution in [3.05, 3.63) is 48.1 Å². The van der Waals surface area contributed by atoms with Gasteiger partial charge in [-0.05, 0) is 0 Å². The molecule has 1 aliphatic rings. The minimum Gasteiger partial charge on any atom is -0.463 e. The summed E-state index contributed by atoms with van der Waals surface area (Å²) in [4.78, 5) is 64.4. The van der Waals surface area contributed by atoms with E-state index in [2.05, 4.69) is 25.8 Å². The van der Waals surface area contributed by atoms with Crippen LogP contribution in [0.4, 0.5) is 0 Å². The predicted molar refractivity (Wildman–Crippen MR) is 147 cm³/mol. The predicted octanol–water partition coefficient (Wildman–Crippen LogP) is 0.833. The lowest BCUT2D eigenvalue weighted by Crippen LogP contribution is -2.60. The molecule has 0 radical (unpaired) electrons. The van der Waals surface area contributed by atoms with Gasteiger partial charge in [-0.1, -0.05) is 40.7 Å². The van der Waals surface area contributed by atoms with Crippen LogP contribution in [-0.4, -0.2) is 85.9 Å². The van der Waals surface area contributed by atoms with E-state index in [4.69, 9.17) is 28.2 Å². The Balaban J connectivity index is 1.45. The second kappa shape index (κ2) is 15.0. The van der Waals surface area contributed by atoms with E-state index in [0.29, 0.717) is 17.4 Å². The summed E-state index contributed by atoms with van der Waals surface area (Å²) >= 11 is 0. The number of benzene rings is 1. The Labute approximate surface area is 256 Å². The Hall–Kier alpha value is -5.19. The number of ether oxygens (including phenoxy) is 5. The quantitative estimate of drug-likeness (QED) is 0.217. The average Bonchev–Trinajstić information content (AvgIpc) is 3.66. The number of amides is 1. The molecular formula is C28H32N6O11. The Morgan fingerprint density at radius 1 is 0.889 bits per heavy atom. The zero-order valence-corrected chi connectivity index (χ0v) is 24.9. The molecule has 45 heavy (non-hydrogen) atoms. The third-order valence-electron chi connectivity index (χ3n) is 6.32. The maximum atomic E-state index is 12.5. The van der Waals surface area contributed by atoms with Crippen molar-refractivity contribution in [3.63, 3.8) is 0 Å². The topological polar surface area (TPSA) is 213 Å². The molecule has 1 N–H and O–H groups in total. The van der Waals surface area contributed by atoms with Crippen molar-refractivity contribution in [1.82, 2.24) is 30.5 Å². The normalized spacial score (nSPS) is 20.9. The molecule has 17 heteroatoms. The van der Waals surface area contributed by atoms with Crippen LogP contribution in [0.1, 0.15) is 51.9 Å². The molecule has 0 unspecified atom stereocenters. The summed E-state index contributed by atoms with van der Waals surface area (Å²) in [5.41, 5.74) is 1.09. The van der Waals surface area contributed by atoms with E-state index >= 15 is 0 Å². The van der Waals surface area contributed by atoms with Gasteiger partial charge in [0.1, 0.15) is 18.4 Å². The number of aromatic nitrogens is 5. The van der Waals surface area contributed by atoms with Gasteiger partial charge in [0.05, 0.1) is 12.7 Å². The molecule has 17 nitrogen and oxygen atoms in total. The molecule has 0 saturated carbocycles. The third-order valence-corrected chi connectivity index (χ3v) is 6.32. The summed E-state index contributed by atoms with van der Waals surface area (Å²) in [6.45, 7) is 4.14. The van der Waals surface area contributed by atoms with Gasteiger partial charge in [0.25, 0.3) is 0 Å². The van der Waals surface area contributed by atoms with Gasteiger partial charge in [0.15, 0.2) is 24.5 Å². The van der Waals surface area contributed by atoms with Crippen molar-refractivity contribution in [1.29, 1.82) is 0 Å². The van der Waals surface area contributed by atoms with E-state index in [1.165, 1.54) is 17.8 Å². The lowest BCUT2D eigenvalue weighted by molar-refractivity contribution is -0.270. The minimum atomic E-state index is -1.37. The van der Waals surface area contributed by atoms with Gasteiger partial charge in [-0.2, -0.15) is 4.98 Å². The Morgan fingerprint density at radius 3 is 2.22 bits per heavy atom. The summed E-state index contributed by atoms with van der Waals surface area (Å²) in [6, 6.07) is 9.26. The first-order valence-electron chi connectivity index (χ1n) is 13.9. The average molecular weight is 629 g/mol. The molecule has 0 spiro atoms. The number of nitrogens with one attached hydrogen (secondary N) is 1. The molecule has 1 saturated heterocycles. The lowest BCUT2D eigenvalue weighted by Gasteiger charge is -2.44. The fourth-order valence-electron chi connectivity index (χ4n) is 4.50. The van der Waals surface area contributed by atoms with E-state index in [9.17, 15) is 24.0 Å². The lowest BCUT2D eigenvalue weighted by atomic mass is 9.97. The first kappa shape index (κ1) is 32.7. The van der Waals surface area contributed by atoms with Gasteiger partial charge in [-0.25, -0.2) is 4.68 Å². The number of carbonyl (C=O) groups is 5. The van der Waals surface area contributed by atoms with Crippen LogP contribution in [0.5, 0.6) is 0 Å². The van der Waals surface area contributed by atoms with Gasteiger partial charge < -0.3 is 33.5 Å². The van der Waals surface area contributed by atoms with Crippen molar-refractivity contribution in [2.45, 2.75) is 77.7 Å². The van der Waals surface area contributed by atoms with Crippen LogP contribution in [0.2, 0.25) is 0 Å². The molecule has 3 aromatic rings. The Morgan fingerprint density at radius 2 is 1.56 bits per heavy atom. The van der Waals surface area contributed by atoms with Crippen molar-refractivity contribution < 1.29 is 52.2 Å². The van der Waals surface area contributed by atoms with Crippen molar-refractivity contribution in [2.75, 3.05) is 6.61 Å². The summed E-state index contributed by atoms with van der Waals surface area (Å²) in [7, 11) is 0. The van der Waals surface area contributed by atoms with Gasteiger partial charge in [-0.15, -0.1) is 5.10 Å². The number of rotatable bonds is 12. The van der Waals surface area contributed by atoms with Crippen LogP contribution in [0.15, 0.2) is 41.1 Å².